The van der Waals surface area contributed by atoms with E-state index < -0.39 is 0 Å². The molecule has 0 aromatic rings. The molecule has 0 aliphatic rings. The molecule has 0 amide bonds. The van der Waals surface area contributed by atoms with Gasteiger partial charge in [0.15, 0.2) is 0 Å². The van der Waals surface area contributed by atoms with Crippen molar-refractivity contribution in [3.8, 4) is 11.8 Å². The van der Waals surface area contributed by atoms with Crippen LogP contribution in [0, 0.1) is 29.1 Å². The molecule has 0 heteroatoms. The third-order valence-electron chi connectivity index (χ3n) is 2.58. The van der Waals surface area contributed by atoms with E-state index in [0.717, 1.165) is 5.92 Å². The van der Waals surface area contributed by atoms with Crippen molar-refractivity contribution in [1.29, 1.82) is 0 Å². The molecule has 70 valence electrons. The Kier molecular flexibility index (Phi) is 4.39. The van der Waals surface area contributed by atoms with Crippen LogP contribution in [0.5, 0.6) is 0 Å². The van der Waals surface area contributed by atoms with Crippen molar-refractivity contribution in [3.63, 3.8) is 0 Å². The first-order chi connectivity index (χ1) is 5.38. The molecule has 0 bridgehead atoms. The van der Waals surface area contributed by atoms with E-state index >= 15 is 0 Å². The van der Waals surface area contributed by atoms with Gasteiger partial charge in [0.1, 0.15) is 0 Å². The van der Waals surface area contributed by atoms with Crippen LogP contribution in [0.3, 0.4) is 0 Å². The van der Waals surface area contributed by atoms with Crippen molar-refractivity contribution in [3.05, 3.63) is 0 Å². The van der Waals surface area contributed by atoms with E-state index in [2.05, 4.69) is 46.5 Å². The lowest BCUT2D eigenvalue weighted by Crippen LogP contribution is -2.19. The van der Waals surface area contributed by atoms with Gasteiger partial charge in [-0.3, -0.25) is 0 Å². The van der Waals surface area contributed by atoms with Gasteiger partial charge in [0.2, 0.25) is 0 Å². The van der Waals surface area contributed by atoms with E-state index in [0.29, 0.717) is 11.3 Å². The van der Waals surface area contributed by atoms with Crippen molar-refractivity contribution in [2.24, 2.45) is 17.3 Å². The molecule has 0 N–H and O–H groups in total. The first kappa shape index (κ1) is 11.6. The molecule has 0 radical (unpaired) electrons. The van der Waals surface area contributed by atoms with Crippen molar-refractivity contribution >= 4 is 0 Å². The molecule has 2 unspecified atom stereocenters. The molecule has 12 heavy (non-hydrogen) atoms. The van der Waals surface area contributed by atoms with Crippen LogP contribution < -0.4 is 0 Å². The van der Waals surface area contributed by atoms with Crippen molar-refractivity contribution in [1.82, 2.24) is 0 Å². The fourth-order valence-corrected chi connectivity index (χ4v) is 1.19. The van der Waals surface area contributed by atoms with E-state index in [4.69, 9.17) is 0 Å². The molecular weight excluding hydrogens is 144 g/mol. The Morgan fingerprint density at radius 3 is 2.00 bits per heavy atom. The Labute approximate surface area is 77.8 Å². The zero-order chi connectivity index (χ0) is 9.78. The fourth-order valence-electron chi connectivity index (χ4n) is 1.19. The SMILES string of the molecule is CC#CC(C)CC(C)C(C)(C)C. The summed E-state index contributed by atoms with van der Waals surface area (Å²) in [5, 5.41) is 0. The predicted octanol–water partition coefficient (Wildman–Crippen LogP) is 3.72. The van der Waals surface area contributed by atoms with Gasteiger partial charge in [0.25, 0.3) is 0 Å². The van der Waals surface area contributed by atoms with Crippen LogP contribution in [0.25, 0.3) is 0 Å². The first-order valence-electron chi connectivity index (χ1n) is 4.80. The third-order valence-corrected chi connectivity index (χ3v) is 2.58. The largest absolute Gasteiger partial charge is 0.106 e. The zero-order valence-corrected chi connectivity index (χ0v) is 9.36. The standard InChI is InChI=1S/C12H22/c1-7-8-10(2)9-11(3)12(4,5)6/h10-11H,9H2,1-6H3. The molecule has 0 fully saturated rings. The van der Waals surface area contributed by atoms with Crippen molar-refractivity contribution < 1.29 is 0 Å². The summed E-state index contributed by atoms with van der Waals surface area (Å²) < 4.78 is 0. The molecule has 2 atom stereocenters. The smallest absolute Gasteiger partial charge is 0.0177 e. The number of hydrogen-bond acceptors (Lipinski definition) is 0. The minimum absolute atomic E-state index is 0.420. The van der Waals surface area contributed by atoms with Crippen LogP contribution in [-0.2, 0) is 0 Å². The predicted molar refractivity (Wildman–Crippen MR) is 55.9 cm³/mol. The summed E-state index contributed by atoms with van der Waals surface area (Å²) in [4.78, 5) is 0. The second-order valence-corrected chi connectivity index (χ2v) is 4.80. The molecule has 0 saturated heterocycles. The molecule has 0 heterocycles. The topological polar surface area (TPSA) is 0 Å². The zero-order valence-electron chi connectivity index (χ0n) is 9.36. The molecule has 0 aliphatic heterocycles. The van der Waals surface area contributed by atoms with Crippen LogP contribution >= 0.6 is 0 Å². The number of hydrogen-bond donors (Lipinski definition) is 0. The van der Waals surface area contributed by atoms with Crippen LogP contribution in [0.4, 0.5) is 0 Å². The summed E-state index contributed by atoms with van der Waals surface area (Å²) in [6.07, 6.45) is 1.21. The summed E-state index contributed by atoms with van der Waals surface area (Å²) >= 11 is 0. The summed E-state index contributed by atoms with van der Waals surface area (Å²) in [5.74, 6) is 7.46. The lowest BCUT2D eigenvalue weighted by molar-refractivity contribution is 0.233. The number of rotatable bonds is 2. The summed E-state index contributed by atoms with van der Waals surface area (Å²) in [6.45, 7) is 13.3. The first-order valence-corrected chi connectivity index (χ1v) is 4.80. The highest BCUT2D eigenvalue weighted by molar-refractivity contribution is 4.99. The van der Waals surface area contributed by atoms with Gasteiger partial charge >= 0.3 is 0 Å². The molecule has 0 aromatic heterocycles. The summed E-state index contributed by atoms with van der Waals surface area (Å²) in [5.41, 5.74) is 0.420. The quantitative estimate of drug-likeness (QED) is 0.548. The van der Waals surface area contributed by atoms with Crippen LogP contribution in [-0.4, -0.2) is 0 Å². The van der Waals surface area contributed by atoms with Gasteiger partial charge in [-0.05, 0) is 24.7 Å². The normalized spacial score (nSPS) is 16.2. The van der Waals surface area contributed by atoms with Crippen molar-refractivity contribution in [2.45, 2.75) is 48.0 Å². The second-order valence-electron chi connectivity index (χ2n) is 4.80. The summed E-state index contributed by atoms with van der Waals surface area (Å²) in [7, 11) is 0. The second kappa shape index (κ2) is 4.55. The maximum atomic E-state index is 3.20. The van der Waals surface area contributed by atoms with E-state index in [1.807, 2.05) is 6.92 Å². The lowest BCUT2D eigenvalue weighted by Gasteiger charge is -2.28. The summed E-state index contributed by atoms with van der Waals surface area (Å²) in [6, 6.07) is 0. The Morgan fingerprint density at radius 2 is 1.67 bits per heavy atom. The lowest BCUT2D eigenvalue weighted by atomic mass is 9.77. The average molecular weight is 166 g/mol. The van der Waals surface area contributed by atoms with E-state index in [1.54, 1.807) is 0 Å². The molecule has 0 aliphatic carbocycles. The highest BCUT2D eigenvalue weighted by atomic mass is 14.3. The Bertz CT molecular complexity index is 172. The molecule has 0 rings (SSSR count). The van der Waals surface area contributed by atoms with Crippen LogP contribution in [0.2, 0.25) is 0 Å². The average Bonchev–Trinajstić information content (AvgIpc) is 1.85. The van der Waals surface area contributed by atoms with Gasteiger partial charge in [-0.15, -0.1) is 11.8 Å². The minimum Gasteiger partial charge on any atom is -0.106 e. The van der Waals surface area contributed by atoms with Crippen molar-refractivity contribution in [2.75, 3.05) is 0 Å². The van der Waals surface area contributed by atoms with Gasteiger partial charge in [-0.1, -0.05) is 34.6 Å². The van der Waals surface area contributed by atoms with Crippen LogP contribution in [0.1, 0.15) is 48.0 Å². The minimum atomic E-state index is 0.420. The van der Waals surface area contributed by atoms with Crippen LogP contribution in [0.15, 0.2) is 0 Å². The maximum Gasteiger partial charge on any atom is 0.0177 e. The van der Waals surface area contributed by atoms with Gasteiger partial charge in [-0.2, -0.15) is 0 Å². The molecule has 0 saturated carbocycles. The highest BCUT2D eigenvalue weighted by Gasteiger charge is 2.20. The maximum absolute atomic E-state index is 3.20. The van der Waals surface area contributed by atoms with E-state index in [1.165, 1.54) is 6.42 Å². The Hall–Kier alpha value is -0.440. The molecule has 0 aromatic carbocycles. The Balaban J connectivity index is 3.98. The molecule has 0 nitrogen and oxygen atoms in total. The van der Waals surface area contributed by atoms with Gasteiger partial charge in [-0.25, -0.2) is 0 Å². The third kappa shape index (κ3) is 4.44. The fraction of sp³-hybridized carbons (Fsp3) is 0.833. The van der Waals surface area contributed by atoms with Gasteiger partial charge in [0, 0.05) is 5.92 Å². The molecular formula is C12H22. The monoisotopic (exact) mass is 166 g/mol. The van der Waals surface area contributed by atoms with E-state index in [-0.39, 0.29) is 0 Å². The highest BCUT2D eigenvalue weighted by Crippen LogP contribution is 2.30. The van der Waals surface area contributed by atoms with E-state index in [9.17, 15) is 0 Å². The molecule has 0 spiro atoms. The van der Waals surface area contributed by atoms with Gasteiger partial charge in [0.05, 0.1) is 0 Å². The van der Waals surface area contributed by atoms with Gasteiger partial charge < -0.3 is 0 Å². The Morgan fingerprint density at radius 1 is 1.17 bits per heavy atom.